The van der Waals surface area contributed by atoms with Gasteiger partial charge in [-0.15, -0.1) is 5.10 Å². The minimum absolute atomic E-state index is 0.159. The van der Waals surface area contributed by atoms with Crippen molar-refractivity contribution in [2.75, 3.05) is 18.8 Å². The molecular weight excluding hydrogens is 382 g/mol. The number of rotatable bonds is 6. The van der Waals surface area contributed by atoms with Crippen LogP contribution in [0.15, 0.2) is 59.8 Å². The summed E-state index contributed by atoms with van der Waals surface area (Å²) < 4.78 is 1.68. The van der Waals surface area contributed by atoms with Gasteiger partial charge in [-0.05, 0) is 60.2 Å². The van der Waals surface area contributed by atoms with Crippen molar-refractivity contribution < 1.29 is 4.79 Å². The standard InChI is InChI=1S/C22H25N5OS/c1-17-7-9-20(10-8-17)27-22(23-24-25-27)29-16-21(28)26-13-11-19(12-14-26)15-18-5-3-2-4-6-18/h2-10,19H,11-16H2,1H3. The van der Waals surface area contributed by atoms with Crippen molar-refractivity contribution in [3.05, 3.63) is 65.7 Å². The molecule has 1 amide bonds. The van der Waals surface area contributed by atoms with Gasteiger partial charge < -0.3 is 4.90 Å². The molecule has 6 nitrogen and oxygen atoms in total. The molecule has 0 aliphatic carbocycles. The van der Waals surface area contributed by atoms with E-state index >= 15 is 0 Å². The third-order valence-electron chi connectivity index (χ3n) is 5.38. The van der Waals surface area contributed by atoms with E-state index in [4.69, 9.17) is 0 Å². The number of likely N-dealkylation sites (tertiary alicyclic amines) is 1. The van der Waals surface area contributed by atoms with Gasteiger partial charge in [-0.2, -0.15) is 4.68 Å². The molecule has 1 fully saturated rings. The smallest absolute Gasteiger partial charge is 0.233 e. The quantitative estimate of drug-likeness (QED) is 0.585. The SMILES string of the molecule is Cc1ccc(-n2nnnc2SCC(=O)N2CCC(Cc3ccccc3)CC2)cc1. The maximum Gasteiger partial charge on any atom is 0.233 e. The minimum Gasteiger partial charge on any atom is -0.342 e. The zero-order chi connectivity index (χ0) is 20.1. The van der Waals surface area contributed by atoms with Crippen molar-refractivity contribution in [3.8, 4) is 5.69 Å². The van der Waals surface area contributed by atoms with Crippen molar-refractivity contribution in [2.45, 2.75) is 31.3 Å². The monoisotopic (exact) mass is 407 g/mol. The van der Waals surface area contributed by atoms with Crippen LogP contribution in [-0.2, 0) is 11.2 Å². The molecule has 0 saturated carbocycles. The van der Waals surface area contributed by atoms with Crippen LogP contribution in [0.5, 0.6) is 0 Å². The summed E-state index contributed by atoms with van der Waals surface area (Å²) in [5.41, 5.74) is 3.47. The van der Waals surface area contributed by atoms with E-state index in [0.717, 1.165) is 38.0 Å². The van der Waals surface area contributed by atoms with Crippen LogP contribution in [-0.4, -0.2) is 49.9 Å². The minimum atomic E-state index is 0.159. The number of aromatic nitrogens is 4. The first-order chi connectivity index (χ1) is 14.2. The number of carbonyl (C=O) groups is 1. The lowest BCUT2D eigenvalue weighted by Gasteiger charge is -2.32. The van der Waals surface area contributed by atoms with Crippen LogP contribution >= 0.6 is 11.8 Å². The molecule has 2 heterocycles. The second-order valence-corrected chi connectivity index (χ2v) is 8.45. The fourth-order valence-corrected chi connectivity index (χ4v) is 4.46. The van der Waals surface area contributed by atoms with E-state index in [1.807, 2.05) is 36.1 Å². The number of thioether (sulfide) groups is 1. The number of aryl methyl sites for hydroxylation is 1. The molecular formula is C22H25N5OS. The number of amides is 1. The first kappa shape index (κ1) is 19.6. The van der Waals surface area contributed by atoms with Gasteiger partial charge >= 0.3 is 0 Å². The van der Waals surface area contributed by atoms with E-state index in [9.17, 15) is 4.79 Å². The Labute approximate surface area is 175 Å². The van der Waals surface area contributed by atoms with Gasteiger partial charge in [0.05, 0.1) is 11.4 Å². The van der Waals surface area contributed by atoms with Crippen LogP contribution < -0.4 is 0 Å². The number of tetrazole rings is 1. The Kier molecular flexibility index (Phi) is 6.24. The normalized spacial score (nSPS) is 14.9. The topological polar surface area (TPSA) is 63.9 Å². The maximum absolute atomic E-state index is 12.7. The molecule has 7 heteroatoms. The molecule has 0 N–H and O–H groups in total. The van der Waals surface area contributed by atoms with Crippen molar-refractivity contribution in [2.24, 2.45) is 5.92 Å². The summed E-state index contributed by atoms with van der Waals surface area (Å²) in [4.78, 5) is 14.7. The Morgan fingerprint density at radius 1 is 1.07 bits per heavy atom. The van der Waals surface area contributed by atoms with Gasteiger partial charge in [0.2, 0.25) is 11.1 Å². The number of hydrogen-bond donors (Lipinski definition) is 0. The van der Waals surface area contributed by atoms with Gasteiger partial charge in [0.1, 0.15) is 0 Å². The van der Waals surface area contributed by atoms with Gasteiger partial charge in [-0.25, -0.2) is 0 Å². The lowest BCUT2D eigenvalue weighted by atomic mass is 9.90. The van der Waals surface area contributed by atoms with Crippen molar-refractivity contribution >= 4 is 17.7 Å². The third kappa shape index (κ3) is 5.03. The zero-order valence-corrected chi connectivity index (χ0v) is 17.4. The number of piperidine rings is 1. The summed E-state index contributed by atoms with van der Waals surface area (Å²) in [5.74, 6) is 1.17. The van der Waals surface area contributed by atoms with E-state index in [1.54, 1.807) is 4.68 Å². The first-order valence-corrected chi connectivity index (χ1v) is 11.0. The number of nitrogens with zero attached hydrogens (tertiary/aromatic N) is 5. The molecule has 4 rings (SSSR count). The number of carbonyl (C=O) groups excluding carboxylic acids is 1. The van der Waals surface area contributed by atoms with E-state index in [2.05, 4.69) is 45.9 Å². The number of benzene rings is 2. The van der Waals surface area contributed by atoms with Crippen LogP contribution in [0.3, 0.4) is 0 Å². The van der Waals surface area contributed by atoms with Crippen molar-refractivity contribution in [1.82, 2.24) is 25.1 Å². The van der Waals surface area contributed by atoms with Crippen LogP contribution in [0.25, 0.3) is 5.69 Å². The Hall–Kier alpha value is -2.67. The maximum atomic E-state index is 12.7. The molecule has 0 bridgehead atoms. The average Bonchev–Trinajstić information content (AvgIpc) is 3.22. The molecule has 2 aromatic carbocycles. The highest BCUT2D eigenvalue weighted by Crippen LogP contribution is 2.24. The van der Waals surface area contributed by atoms with Crippen molar-refractivity contribution in [3.63, 3.8) is 0 Å². The highest BCUT2D eigenvalue weighted by atomic mass is 32.2. The van der Waals surface area contributed by atoms with Crippen LogP contribution in [0.1, 0.15) is 24.0 Å². The fourth-order valence-electron chi connectivity index (χ4n) is 3.67. The number of hydrogen-bond acceptors (Lipinski definition) is 5. The second kappa shape index (κ2) is 9.22. The van der Waals surface area contributed by atoms with E-state index in [1.165, 1.54) is 22.9 Å². The molecule has 3 aromatic rings. The predicted molar refractivity (Wildman–Crippen MR) is 114 cm³/mol. The first-order valence-electron chi connectivity index (χ1n) is 9.99. The summed E-state index contributed by atoms with van der Waals surface area (Å²) in [7, 11) is 0. The van der Waals surface area contributed by atoms with Crippen LogP contribution in [0.2, 0.25) is 0 Å². The Morgan fingerprint density at radius 2 is 1.79 bits per heavy atom. The summed E-state index contributed by atoms with van der Waals surface area (Å²) in [6.45, 7) is 3.71. The molecule has 1 aliphatic rings. The predicted octanol–water partition coefficient (Wildman–Crippen LogP) is 3.54. The molecule has 0 radical (unpaired) electrons. The summed E-state index contributed by atoms with van der Waals surface area (Å²) in [6, 6.07) is 18.6. The highest BCUT2D eigenvalue weighted by molar-refractivity contribution is 7.99. The Balaban J connectivity index is 1.28. The Morgan fingerprint density at radius 3 is 2.52 bits per heavy atom. The summed E-state index contributed by atoms with van der Waals surface area (Å²) >= 11 is 1.39. The fraction of sp³-hybridized carbons (Fsp3) is 0.364. The van der Waals surface area contributed by atoms with Crippen molar-refractivity contribution in [1.29, 1.82) is 0 Å². The molecule has 1 aromatic heterocycles. The molecule has 0 atom stereocenters. The molecule has 0 unspecified atom stereocenters. The third-order valence-corrected chi connectivity index (χ3v) is 6.28. The largest absolute Gasteiger partial charge is 0.342 e. The molecule has 1 saturated heterocycles. The molecule has 0 spiro atoms. The van der Waals surface area contributed by atoms with Gasteiger partial charge in [-0.3, -0.25) is 4.79 Å². The lowest BCUT2D eigenvalue weighted by molar-refractivity contribution is -0.129. The zero-order valence-electron chi connectivity index (χ0n) is 16.6. The highest BCUT2D eigenvalue weighted by Gasteiger charge is 2.23. The summed E-state index contributed by atoms with van der Waals surface area (Å²) in [5, 5.41) is 12.6. The van der Waals surface area contributed by atoms with Gasteiger partial charge in [0, 0.05) is 13.1 Å². The van der Waals surface area contributed by atoms with E-state index < -0.39 is 0 Å². The van der Waals surface area contributed by atoms with Crippen LogP contribution in [0, 0.1) is 12.8 Å². The molecule has 1 aliphatic heterocycles. The second-order valence-electron chi connectivity index (χ2n) is 7.51. The van der Waals surface area contributed by atoms with Crippen LogP contribution in [0.4, 0.5) is 0 Å². The van der Waals surface area contributed by atoms with Gasteiger partial charge in [0.15, 0.2) is 0 Å². The summed E-state index contributed by atoms with van der Waals surface area (Å²) in [6.07, 6.45) is 3.22. The lowest BCUT2D eigenvalue weighted by Crippen LogP contribution is -2.39. The Bertz CT molecular complexity index is 933. The van der Waals surface area contributed by atoms with E-state index in [0.29, 0.717) is 16.8 Å². The molecule has 150 valence electrons. The average molecular weight is 408 g/mol. The molecule has 29 heavy (non-hydrogen) atoms. The van der Waals surface area contributed by atoms with Gasteiger partial charge in [0.25, 0.3) is 0 Å². The van der Waals surface area contributed by atoms with Gasteiger partial charge in [-0.1, -0.05) is 59.8 Å². The van der Waals surface area contributed by atoms with E-state index in [-0.39, 0.29) is 5.91 Å².